The van der Waals surface area contributed by atoms with E-state index in [1.807, 2.05) is 49.4 Å². The number of rotatable bonds is 8. The second-order valence-electron chi connectivity index (χ2n) is 9.63. The molecular weight excluding hydrogens is 521 g/mol. The van der Waals surface area contributed by atoms with E-state index in [1.165, 1.54) is 12.5 Å². The van der Waals surface area contributed by atoms with E-state index in [0.29, 0.717) is 17.8 Å². The fourth-order valence-corrected chi connectivity index (χ4v) is 4.84. The van der Waals surface area contributed by atoms with Crippen LogP contribution in [0.5, 0.6) is 5.75 Å². The number of nitrogens with zero attached hydrogens (tertiary/aromatic N) is 4. The van der Waals surface area contributed by atoms with Gasteiger partial charge in [0.25, 0.3) is 0 Å². The van der Waals surface area contributed by atoms with Crippen LogP contribution in [0.25, 0.3) is 33.4 Å². The van der Waals surface area contributed by atoms with Crippen molar-refractivity contribution in [3.05, 3.63) is 90.1 Å². The quantitative estimate of drug-likeness (QED) is 0.160. The molecule has 0 unspecified atom stereocenters. The van der Waals surface area contributed by atoms with E-state index in [4.69, 9.17) is 14.8 Å². The van der Waals surface area contributed by atoms with Crippen LogP contribution in [0.3, 0.4) is 0 Å². The molecule has 7 nitrogen and oxygen atoms in total. The van der Waals surface area contributed by atoms with Crippen molar-refractivity contribution in [2.75, 3.05) is 0 Å². The van der Waals surface area contributed by atoms with Crippen molar-refractivity contribution in [1.29, 1.82) is 0 Å². The molecule has 0 aliphatic carbocycles. The van der Waals surface area contributed by atoms with E-state index >= 15 is 0 Å². The first kappa shape index (κ1) is 27.0. The average molecular weight is 549 g/mol. The summed E-state index contributed by atoms with van der Waals surface area (Å²) < 4.78 is 46.7. The normalized spacial score (nSPS) is 11.7. The zero-order valence-corrected chi connectivity index (χ0v) is 21.9. The molecule has 5 aromatic rings. The van der Waals surface area contributed by atoms with E-state index in [0.717, 1.165) is 56.5 Å². The summed E-state index contributed by atoms with van der Waals surface area (Å²) in [6, 6.07) is 18.6. The van der Waals surface area contributed by atoms with E-state index in [-0.39, 0.29) is 5.75 Å². The van der Waals surface area contributed by atoms with Crippen molar-refractivity contribution >= 4 is 17.2 Å². The molecule has 0 radical (unpaired) electrons. The van der Waals surface area contributed by atoms with Gasteiger partial charge >= 0.3 is 12.3 Å². The van der Waals surface area contributed by atoms with Gasteiger partial charge in [0.2, 0.25) is 0 Å². The van der Waals surface area contributed by atoms with Crippen LogP contribution in [0.2, 0.25) is 0 Å². The van der Waals surface area contributed by atoms with Crippen molar-refractivity contribution in [1.82, 2.24) is 19.1 Å². The molecule has 0 aliphatic rings. The maximum Gasteiger partial charge on any atom is 0.511 e. The monoisotopic (exact) mass is 548 g/mol. The molecule has 3 aromatic carbocycles. The van der Waals surface area contributed by atoms with Gasteiger partial charge in [-0.25, -0.2) is 14.8 Å². The smallest absolute Gasteiger partial charge is 0.449 e. The first-order valence-corrected chi connectivity index (χ1v) is 12.8. The summed E-state index contributed by atoms with van der Waals surface area (Å²) in [6.07, 6.45) is -1.43. The van der Waals surface area contributed by atoms with Crippen LogP contribution < -0.4 is 4.74 Å². The van der Waals surface area contributed by atoms with Gasteiger partial charge < -0.3 is 19.0 Å². The van der Waals surface area contributed by atoms with Gasteiger partial charge in [0, 0.05) is 30.3 Å². The number of carbonyl (C=O) groups is 1. The molecule has 0 aliphatic heterocycles. The zero-order valence-electron chi connectivity index (χ0n) is 21.9. The number of carboxylic acid groups (broad SMARTS) is 1. The maximum absolute atomic E-state index is 12.9. The molecule has 0 saturated heterocycles. The summed E-state index contributed by atoms with van der Waals surface area (Å²) in [7, 11) is 0. The fourth-order valence-electron chi connectivity index (χ4n) is 4.84. The van der Waals surface area contributed by atoms with Gasteiger partial charge in [0.15, 0.2) is 0 Å². The number of ether oxygens (including phenoxy) is 1. The van der Waals surface area contributed by atoms with Gasteiger partial charge in [-0.1, -0.05) is 49.4 Å². The van der Waals surface area contributed by atoms with Gasteiger partial charge in [-0.05, 0) is 48.2 Å². The zero-order chi connectivity index (χ0) is 28.4. The molecule has 1 N–H and O–H groups in total. The topological polar surface area (TPSA) is 82.2 Å². The van der Waals surface area contributed by atoms with Gasteiger partial charge in [0.1, 0.15) is 18.1 Å². The van der Waals surface area contributed by atoms with E-state index < -0.39 is 18.9 Å². The Balaban J connectivity index is 1.49. The third-order valence-electron chi connectivity index (χ3n) is 6.58. The number of hydrogen-bond donors (Lipinski definition) is 1. The minimum Gasteiger partial charge on any atom is -0.449 e. The standard InChI is InChI=1S/C30H27F3N4O3/c1-3-6-27-35-28-19(2)13-22(24-16-36(18-34-24)17-30(31,32)33)14-25(28)37(27)15-20-9-11-21(12-10-20)23-7-4-5-8-26(23)40-29(38)39/h4-5,7-14,16,18H,3,6,15,17H2,1-2H3,(H,38,39). The van der Waals surface area contributed by atoms with Gasteiger partial charge in [-0.2, -0.15) is 13.2 Å². The number of aryl methyl sites for hydroxylation is 2. The second-order valence-corrected chi connectivity index (χ2v) is 9.63. The number of alkyl halides is 3. The molecule has 206 valence electrons. The maximum atomic E-state index is 12.9. The molecule has 10 heteroatoms. The number of para-hydroxylation sites is 1. The summed E-state index contributed by atoms with van der Waals surface area (Å²) in [5, 5.41) is 9.06. The lowest BCUT2D eigenvalue weighted by Crippen LogP contribution is -2.16. The van der Waals surface area contributed by atoms with Crippen LogP contribution in [0.15, 0.2) is 73.2 Å². The molecule has 2 aromatic heterocycles. The lowest BCUT2D eigenvalue weighted by Gasteiger charge is -2.12. The minimum absolute atomic E-state index is 0.259. The highest BCUT2D eigenvalue weighted by molar-refractivity contribution is 5.85. The summed E-state index contributed by atoms with van der Waals surface area (Å²) in [5.41, 5.74) is 6.32. The van der Waals surface area contributed by atoms with Crippen LogP contribution in [0.4, 0.5) is 18.0 Å². The number of hydrogen-bond acceptors (Lipinski definition) is 4. The highest BCUT2D eigenvalue weighted by Crippen LogP contribution is 2.32. The Labute approximate surface area is 228 Å². The Morgan fingerprint density at radius 3 is 2.50 bits per heavy atom. The van der Waals surface area contributed by atoms with Crippen molar-refractivity contribution in [3.8, 4) is 28.1 Å². The Morgan fingerprint density at radius 2 is 1.80 bits per heavy atom. The van der Waals surface area contributed by atoms with Gasteiger partial charge in [0.05, 0.1) is 23.1 Å². The molecule has 40 heavy (non-hydrogen) atoms. The molecule has 2 heterocycles. The lowest BCUT2D eigenvalue weighted by atomic mass is 10.0. The molecule has 0 atom stereocenters. The van der Waals surface area contributed by atoms with Crippen molar-refractivity contribution in [3.63, 3.8) is 0 Å². The van der Waals surface area contributed by atoms with Crippen LogP contribution in [-0.4, -0.2) is 36.5 Å². The first-order valence-electron chi connectivity index (χ1n) is 12.8. The van der Waals surface area contributed by atoms with Crippen LogP contribution >= 0.6 is 0 Å². The van der Waals surface area contributed by atoms with Gasteiger partial charge in [-0.15, -0.1) is 0 Å². The lowest BCUT2D eigenvalue weighted by molar-refractivity contribution is -0.140. The number of aromatic nitrogens is 4. The Bertz CT molecular complexity index is 1670. The SMILES string of the molecule is CCCc1nc2c(C)cc(-c3cn(CC(F)(F)F)cn3)cc2n1Cc1ccc(-c2ccccc2OC(=O)O)cc1. The molecule has 0 amide bonds. The van der Waals surface area contributed by atoms with E-state index in [2.05, 4.69) is 16.5 Å². The number of imidazole rings is 2. The molecule has 0 bridgehead atoms. The Kier molecular flexibility index (Phi) is 7.34. The van der Waals surface area contributed by atoms with Gasteiger partial charge in [-0.3, -0.25) is 0 Å². The summed E-state index contributed by atoms with van der Waals surface area (Å²) >= 11 is 0. The summed E-state index contributed by atoms with van der Waals surface area (Å²) in [5.74, 6) is 1.18. The predicted molar refractivity (Wildman–Crippen MR) is 145 cm³/mol. The minimum atomic E-state index is -4.33. The van der Waals surface area contributed by atoms with Crippen LogP contribution in [0.1, 0.15) is 30.3 Å². The fraction of sp³-hybridized carbons (Fsp3) is 0.233. The van der Waals surface area contributed by atoms with Crippen molar-refractivity contribution < 1.29 is 27.8 Å². The second kappa shape index (κ2) is 10.9. The highest BCUT2D eigenvalue weighted by atomic mass is 19.4. The predicted octanol–water partition coefficient (Wildman–Crippen LogP) is 7.50. The van der Waals surface area contributed by atoms with E-state index in [9.17, 15) is 18.0 Å². The van der Waals surface area contributed by atoms with Crippen molar-refractivity contribution in [2.45, 2.75) is 46.0 Å². The molecular formula is C30H27F3N4O3. The first-order chi connectivity index (χ1) is 19.1. The number of halogens is 3. The largest absolute Gasteiger partial charge is 0.511 e. The molecule has 0 fully saturated rings. The molecule has 5 rings (SSSR count). The van der Waals surface area contributed by atoms with Crippen LogP contribution in [0, 0.1) is 6.92 Å². The third-order valence-corrected chi connectivity index (χ3v) is 6.58. The molecule has 0 saturated carbocycles. The highest BCUT2D eigenvalue weighted by Gasteiger charge is 2.28. The number of benzene rings is 3. The van der Waals surface area contributed by atoms with Crippen molar-refractivity contribution in [2.24, 2.45) is 0 Å². The molecule has 0 spiro atoms. The Morgan fingerprint density at radius 1 is 1.05 bits per heavy atom. The average Bonchev–Trinajstić information content (AvgIpc) is 3.49. The third kappa shape index (κ3) is 5.85. The number of fused-ring (bicyclic) bond motifs is 1. The van der Waals surface area contributed by atoms with Crippen LogP contribution in [-0.2, 0) is 19.5 Å². The summed E-state index contributed by atoms with van der Waals surface area (Å²) in [4.78, 5) is 20.2. The Hall–Kier alpha value is -4.60. The summed E-state index contributed by atoms with van der Waals surface area (Å²) in [6.45, 7) is 3.46. The van der Waals surface area contributed by atoms with E-state index in [1.54, 1.807) is 18.2 Å².